The molecule has 2 N–H and O–H groups in total. The zero-order valence-electron chi connectivity index (χ0n) is 12.2. The van der Waals surface area contributed by atoms with Crippen LogP contribution in [-0.2, 0) is 26.4 Å². The van der Waals surface area contributed by atoms with Crippen LogP contribution in [0, 0.1) is 0 Å². The van der Waals surface area contributed by atoms with Crippen molar-refractivity contribution < 1.29 is 4.79 Å². The minimum absolute atomic E-state index is 0.0256. The summed E-state index contributed by atoms with van der Waals surface area (Å²) >= 11 is 0. The van der Waals surface area contributed by atoms with Gasteiger partial charge in [0.1, 0.15) is 0 Å². The Labute approximate surface area is 124 Å². The summed E-state index contributed by atoms with van der Waals surface area (Å²) < 4.78 is 1.78. The van der Waals surface area contributed by atoms with Gasteiger partial charge in [-0.25, -0.2) is 0 Å². The summed E-state index contributed by atoms with van der Waals surface area (Å²) in [5.41, 5.74) is 4.38. The quantitative estimate of drug-likeness (QED) is 0.882. The minimum atomic E-state index is 0.0256. The van der Waals surface area contributed by atoms with Gasteiger partial charge in [0.2, 0.25) is 0 Å². The Balaban J connectivity index is 1.63. The first kappa shape index (κ1) is 13.8. The van der Waals surface area contributed by atoms with E-state index >= 15 is 0 Å². The molecule has 0 spiro atoms. The third-order valence-electron chi connectivity index (χ3n) is 3.84. The third-order valence-corrected chi connectivity index (χ3v) is 3.84. The first-order valence-corrected chi connectivity index (χ1v) is 7.31. The lowest BCUT2D eigenvalue weighted by molar-refractivity contribution is 0.0953. The van der Waals surface area contributed by atoms with Crippen LogP contribution >= 0.6 is 0 Å². The molecule has 1 aliphatic heterocycles. The van der Waals surface area contributed by atoms with Gasteiger partial charge in [-0.1, -0.05) is 12.1 Å². The first-order valence-electron chi connectivity index (χ1n) is 7.31. The Morgan fingerprint density at radius 3 is 3.19 bits per heavy atom. The lowest BCUT2D eigenvalue weighted by atomic mass is 9.95. The number of carbonyl (C=O) groups excluding carboxylic acids is 1. The van der Waals surface area contributed by atoms with E-state index in [1.54, 1.807) is 4.68 Å². The Kier molecular flexibility index (Phi) is 4.01. The van der Waals surface area contributed by atoms with E-state index in [1.165, 1.54) is 11.1 Å². The van der Waals surface area contributed by atoms with Crippen LogP contribution in [0.15, 0.2) is 30.6 Å². The largest absolute Gasteiger partial charge is 0.352 e. The summed E-state index contributed by atoms with van der Waals surface area (Å²) in [6.45, 7) is 2.42. The second kappa shape index (κ2) is 6.10. The fraction of sp³-hybridized carbons (Fsp3) is 0.375. The van der Waals surface area contributed by atoms with E-state index in [0.29, 0.717) is 6.54 Å². The molecule has 0 radical (unpaired) electrons. The van der Waals surface area contributed by atoms with Crippen LogP contribution in [0.4, 0.5) is 0 Å². The molecule has 110 valence electrons. The van der Waals surface area contributed by atoms with Crippen molar-refractivity contribution in [3.63, 3.8) is 0 Å². The van der Waals surface area contributed by atoms with Gasteiger partial charge < -0.3 is 10.6 Å². The summed E-state index contributed by atoms with van der Waals surface area (Å²) in [6, 6.07) is 5.97. The molecule has 0 unspecified atom stereocenters. The summed E-state index contributed by atoms with van der Waals surface area (Å²) in [5.74, 6) is 0.0256. The SMILES string of the molecule is Cn1cc(CCNC(=O)c2cccc3c2CCNC3)cn1. The summed E-state index contributed by atoms with van der Waals surface area (Å²) in [5, 5.41) is 10.5. The van der Waals surface area contributed by atoms with Crippen molar-refractivity contribution in [3.8, 4) is 0 Å². The molecular formula is C16H20N4O. The molecule has 2 heterocycles. The molecule has 1 aromatic heterocycles. The van der Waals surface area contributed by atoms with Crippen LogP contribution in [0.1, 0.15) is 27.0 Å². The number of aromatic nitrogens is 2. The van der Waals surface area contributed by atoms with Crippen LogP contribution in [0.2, 0.25) is 0 Å². The number of amides is 1. The number of fused-ring (bicyclic) bond motifs is 1. The van der Waals surface area contributed by atoms with Gasteiger partial charge >= 0.3 is 0 Å². The van der Waals surface area contributed by atoms with Gasteiger partial charge in [-0.2, -0.15) is 5.10 Å². The van der Waals surface area contributed by atoms with E-state index in [-0.39, 0.29) is 5.91 Å². The molecular weight excluding hydrogens is 264 g/mol. The Bertz CT molecular complexity index is 647. The highest BCUT2D eigenvalue weighted by atomic mass is 16.1. The molecule has 0 saturated heterocycles. The van der Waals surface area contributed by atoms with Crippen LogP contribution in [0.3, 0.4) is 0 Å². The number of rotatable bonds is 4. The zero-order chi connectivity index (χ0) is 14.7. The number of nitrogens with one attached hydrogen (secondary N) is 2. The summed E-state index contributed by atoms with van der Waals surface area (Å²) in [6.07, 6.45) is 5.53. The zero-order valence-corrected chi connectivity index (χ0v) is 12.2. The van der Waals surface area contributed by atoms with Gasteiger partial charge in [0.05, 0.1) is 6.20 Å². The minimum Gasteiger partial charge on any atom is -0.352 e. The Morgan fingerprint density at radius 1 is 1.48 bits per heavy atom. The monoisotopic (exact) mass is 284 g/mol. The first-order chi connectivity index (χ1) is 10.2. The van der Waals surface area contributed by atoms with Crippen LogP contribution < -0.4 is 10.6 Å². The molecule has 0 aliphatic carbocycles. The van der Waals surface area contributed by atoms with Gasteiger partial charge in [0, 0.05) is 31.9 Å². The summed E-state index contributed by atoms with van der Waals surface area (Å²) in [7, 11) is 1.90. The molecule has 0 atom stereocenters. The maximum atomic E-state index is 12.4. The van der Waals surface area contributed by atoms with Crippen molar-refractivity contribution in [2.45, 2.75) is 19.4 Å². The fourth-order valence-electron chi connectivity index (χ4n) is 2.76. The maximum Gasteiger partial charge on any atom is 0.251 e. The molecule has 5 heteroatoms. The lowest BCUT2D eigenvalue weighted by Crippen LogP contribution is -2.30. The molecule has 0 saturated carbocycles. The van der Waals surface area contributed by atoms with Gasteiger partial charge in [-0.15, -0.1) is 0 Å². The van der Waals surface area contributed by atoms with Crippen molar-refractivity contribution in [3.05, 3.63) is 52.8 Å². The molecule has 1 amide bonds. The molecule has 0 fully saturated rings. The van der Waals surface area contributed by atoms with Gasteiger partial charge in [-0.05, 0) is 42.1 Å². The highest BCUT2D eigenvalue weighted by molar-refractivity contribution is 5.96. The lowest BCUT2D eigenvalue weighted by Gasteiger charge is -2.19. The second-order valence-electron chi connectivity index (χ2n) is 5.40. The predicted octanol–water partition coefficient (Wildman–Crippen LogP) is 1.04. The third kappa shape index (κ3) is 3.13. The molecule has 0 bridgehead atoms. The van der Waals surface area contributed by atoms with Crippen LogP contribution in [0.25, 0.3) is 0 Å². The van der Waals surface area contributed by atoms with Gasteiger partial charge in [0.15, 0.2) is 0 Å². The summed E-state index contributed by atoms with van der Waals surface area (Å²) in [4.78, 5) is 12.4. The number of nitrogens with zero attached hydrogens (tertiary/aromatic N) is 2. The van der Waals surface area contributed by atoms with Crippen LogP contribution in [0.5, 0.6) is 0 Å². The van der Waals surface area contributed by atoms with Crippen molar-refractivity contribution in [1.29, 1.82) is 0 Å². The number of benzene rings is 1. The topological polar surface area (TPSA) is 59.0 Å². The smallest absolute Gasteiger partial charge is 0.251 e. The van der Waals surface area contributed by atoms with E-state index in [0.717, 1.165) is 37.1 Å². The Morgan fingerprint density at radius 2 is 2.38 bits per heavy atom. The predicted molar refractivity (Wildman–Crippen MR) is 81.1 cm³/mol. The average molecular weight is 284 g/mol. The molecule has 21 heavy (non-hydrogen) atoms. The average Bonchev–Trinajstić information content (AvgIpc) is 2.92. The van der Waals surface area contributed by atoms with Gasteiger partial charge in [-0.3, -0.25) is 9.48 Å². The van der Waals surface area contributed by atoms with E-state index < -0.39 is 0 Å². The maximum absolute atomic E-state index is 12.4. The standard InChI is InChI=1S/C16H20N4O/c1-20-11-12(9-19-20)5-8-18-16(21)15-4-2-3-13-10-17-7-6-14(13)15/h2-4,9,11,17H,5-8,10H2,1H3,(H,18,21). The van der Waals surface area contributed by atoms with Crippen molar-refractivity contribution in [1.82, 2.24) is 20.4 Å². The number of hydrogen-bond donors (Lipinski definition) is 2. The normalized spacial score (nSPS) is 13.8. The molecule has 1 aliphatic rings. The van der Waals surface area contributed by atoms with E-state index in [1.807, 2.05) is 31.6 Å². The van der Waals surface area contributed by atoms with Crippen molar-refractivity contribution in [2.75, 3.05) is 13.1 Å². The number of carbonyl (C=O) groups is 1. The molecule has 2 aromatic rings. The molecule has 1 aromatic carbocycles. The second-order valence-corrected chi connectivity index (χ2v) is 5.40. The van der Waals surface area contributed by atoms with Gasteiger partial charge in [0.25, 0.3) is 5.91 Å². The van der Waals surface area contributed by atoms with Crippen molar-refractivity contribution >= 4 is 5.91 Å². The van der Waals surface area contributed by atoms with E-state index in [9.17, 15) is 4.79 Å². The Hall–Kier alpha value is -2.14. The number of hydrogen-bond acceptors (Lipinski definition) is 3. The fourth-order valence-corrected chi connectivity index (χ4v) is 2.76. The highest BCUT2D eigenvalue weighted by Gasteiger charge is 2.16. The highest BCUT2D eigenvalue weighted by Crippen LogP contribution is 2.18. The van der Waals surface area contributed by atoms with Crippen molar-refractivity contribution in [2.24, 2.45) is 7.05 Å². The molecule has 3 rings (SSSR count). The van der Waals surface area contributed by atoms with E-state index in [4.69, 9.17) is 0 Å². The molecule has 5 nitrogen and oxygen atoms in total. The van der Waals surface area contributed by atoms with Crippen LogP contribution in [-0.4, -0.2) is 28.8 Å². The van der Waals surface area contributed by atoms with E-state index in [2.05, 4.69) is 21.8 Å². The number of aryl methyl sites for hydroxylation is 1.